The molecule has 3 aromatic rings. The van der Waals surface area contributed by atoms with Crippen molar-refractivity contribution in [3.63, 3.8) is 0 Å². The maximum absolute atomic E-state index is 13.7. The third-order valence-corrected chi connectivity index (χ3v) is 10.1. The number of carbonyl (C=O) groups is 2. The lowest BCUT2D eigenvalue weighted by Crippen LogP contribution is -2.36. The van der Waals surface area contributed by atoms with Gasteiger partial charge in [0.15, 0.2) is 0 Å². The van der Waals surface area contributed by atoms with Crippen molar-refractivity contribution in [2.75, 3.05) is 58.9 Å². The number of nitrogens with one attached hydrogen (secondary N) is 1. The summed E-state index contributed by atoms with van der Waals surface area (Å²) in [4.78, 5) is 30.5. The van der Waals surface area contributed by atoms with Crippen molar-refractivity contribution in [3.8, 4) is 0 Å². The van der Waals surface area contributed by atoms with Gasteiger partial charge in [-0.05, 0) is 62.7 Å². The maximum atomic E-state index is 13.7. The fraction of sp³-hybridized carbons (Fsp3) is 0.464. The Kier molecular flexibility index (Phi) is 10.1. The number of anilines is 1. The molecule has 11 nitrogen and oxygen atoms in total. The van der Waals surface area contributed by atoms with Gasteiger partial charge < -0.3 is 14.8 Å². The summed E-state index contributed by atoms with van der Waals surface area (Å²) in [7, 11) is -0.806. The summed E-state index contributed by atoms with van der Waals surface area (Å²) < 4.78 is 39.3. The number of methoxy groups -OCH3 is 2. The minimum atomic E-state index is -3.82. The lowest BCUT2D eigenvalue weighted by atomic mass is 10.0. The van der Waals surface area contributed by atoms with Crippen LogP contribution in [0.25, 0.3) is 0 Å². The van der Waals surface area contributed by atoms with Crippen LogP contribution in [0.3, 0.4) is 0 Å². The van der Waals surface area contributed by atoms with Gasteiger partial charge in [-0.15, -0.1) is 11.3 Å². The quantitative estimate of drug-likeness (QED) is 0.335. The molecule has 13 heteroatoms. The smallest absolute Gasteiger partial charge is 0.281 e. The average Bonchev–Trinajstić information content (AvgIpc) is 3.49. The zero-order chi connectivity index (χ0) is 29.7. The van der Waals surface area contributed by atoms with Crippen LogP contribution < -0.4 is 5.32 Å². The predicted octanol–water partition coefficient (Wildman–Crippen LogP) is 3.16. The Hall–Kier alpha value is -2.94. The van der Waals surface area contributed by atoms with Gasteiger partial charge >= 0.3 is 0 Å². The SMILES string of the molecule is CCN1CCc2c(sc(NC(=O)c3ccc(S(=O)(=O)N(CCOC)CCOC)cc3)c2C(=O)n2nc(C)cc2C)C1. The second-order valence-corrected chi connectivity index (χ2v) is 12.9. The van der Waals surface area contributed by atoms with Crippen LogP contribution in [0.5, 0.6) is 0 Å². The third kappa shape index (κ3) is 6.76. The summed E-state index contributed by atoms with van der Waals surface area (Å²) in [6, 6.07) is 7.62. The molecule has 4 rings (SSSR count). The third-order valence-electron chi connectivity index (χ3n) is 7.07. The highest BCUT2D eigenvalue weighted by atomic mass is 32.2. The van der Waals surface area contributed by atoms with Gasteiger partial charge in [0.25, 0.3) is 11.8 Å². The number of hydrogen-bond donors (Lipinski definition) is 1. The van der Waals surface area contributed by atoms with Crippen molar-refractivity contribution in [1.82, 2.24) is 19.0 Å². The molecule has 1 amide bonds. The van der Waals surface area contributed by atoms with Gasteiger partial charge in [0, 0.05) is 56.5 Å². The Bertz CT molecular complexity index is 1490. The summed E-state index contributed by atoms with van der Waals surface area (Å²) in [5.41, 5.74) is 3.14. The van der Waals surface area contributed by atoms with Crippen LogP contribution in [0.4, 0.5) is 5.00 Å². The summed E-state index contributed by atoms with van der Waals surface area (Å²) in [6.07, 6.45) is 0.700. The van der Waals surface area contributed by atoms with E-state index in [1.54, 1.807) is 0 Å². The molecular formula is C28H37N5O6S2. The summed E-state index contributed by atoms with van der Waals surface area (Å²) in [5, 5.41) is 7.79. The van der Waals surface area contributed by atoms with E-state index in [1.165, 1.54) is 58.8 Å². The first-order valence-corrected chi connectivity index (χ1v) is 15.7. The van der Waals surface area contributed by atoms with Gasteiger partial charge in [0.2, 0.25) is 10.0 Å². The van der Waals surface area contributed by atoms with Gasteiger partial charge in [-0.1, -0.05) is 6.92 Å². The van der Waals surface area contributed by atoms with Crippen molar-refractivity contribution in [2.45, 2.75) is 38.6 Å². The normalized spacial score (nSPS) is 13.9. The molecule has 41 heavy (non-hydrogen) atoms. The zero-order valence-corrected chi connectivity index (χ0v) is 25.7. The largest absolute Gasteiger partial charge is 0.383 e. The lowest BCUT2D eigenvalue weighted by Gasteiger charge is -2.25. The molecule has 0 unspecified atom stereocenters. The van der Waals surface area contributed by atoms with Crippen LogP contribution in [0.2, 0.25) is 0 Å². The highest BCUT2D eigenvalue weighted by molar-refractivity contribution is 7.89. The predicted molar refractivity (Wildman–Crippen MR) is 157 cm³/mol. The molecular weight excluding hydrogens is 566 g/mol. The Morgan fingerprint density at radius 3 is 2.32 bits per heavy atom. The molecule has 1 N–H and O–H groups in total. The molecule has 0 atom stereocenters. The van der Waals surface area contributed by atoms with E-state index in [-0.39, 0.29) is 42.7 Å². The average molecular weight is 604 g/mol. The topological polar surface area (TPSA) is 123 Å². The van der Waals surface area contributed by atoms with Crippen LogP contribution in [0, 0.1) is 13.8 Å². The summed E-state index contributed by atoms with van der Waals surface area (Å²) in [6.45, 7) is 9.02. The standard InChI is InChI=1S/C28H37N5O6S2/c1-6-31-12-11-23-24(18-31)40-27(25(23)28(35)33-20(3)17-19(2)30-33)29-26(34)21-7-9-22(10-8-21)41(36,37)32(13-15-38-4)14-16-39-5/h7-10,17H,6,11-16,18H2,1-5H3,(H,29,34). The number of aromatic nitrogens is 2. The molecule has 0 aliphatic carbocycles. The van der Waals surface area contributed by atoms with Crippen LogP contribution in [0.1, 0.15) is 49.5 Å². The number of likely N-dealkylation sites (N-methyl/N-ethyl adjacent to an activating group) is 1. The van der Waals surface area contributed by atoms with Gasteiger partial charge in [-0.2, -0.15) is 9.40 Å². The van der Waals surface area contributed by atoms with E-state index in [0.717, 1.165) is 34.9 Å². The molecule has 1 aliphatic rings. The van der Waals surface area contributed by atoms with E-state index in [2.05, 4.69) is 22.2 Å². The van der Waals surface area contributed by atoms with Crippen molar-refractivity contribution >= 4 is 38.2 Å². The molecule has 0 bridgehead atoms. The van der Waals surface area contributed by atoms with E-state index >= 15 is 0 Å². The fourth-order valence-electron chi connectivity index (χ4n) is 4.82. The highest BCUT2D eigenvalue weighted by Crippen LogP contribution is 2.38. The zero-order valence-electron chi connectivity index (χ0n) is 24.1. The Morgan fingerprint density at radius 2 is 1.76 bits per heavy atom. The van der Waals surface area contributed by atoms with Crippen molar-refractivity contribution < 1.29 is 27.5 Å². The molecule has 3 heterocycles. The Morgan fingerprint density at radius 1 is 1.10 bits per heavy atom. The fourth-order valence-corrected chi connectivity index (χ4v) is 7.51. The first kappa shape index (κ1) is 31.0. The highest BCUT2D eigenvalue weighted by Gasteiger charge is 2.30. The number of carbonyl (C=O) groups excluding carboxylic acids is 2. The molecule has 0 radical (unpaired) electrons. The van der Waals surface area contributed by atoms with E-state index in [1.807, 2.05) is 19.9 Å². The molecule has 1 aromatic carbocycles. The first-order valence-electron chi connectivity index (χ1n) is 13.4. The summed E-state index contributed by atoms with van der Waals surface area (Å²) >= 11 is 1.40. The molecule has 222 valence electrons. The van der Waals surface area contributed by atoms with Crippen LogP contribution in [-0.4, -0.2) is 92.8 Å². The number of thiophene rings is 1. The number of aryl methyl sites for hydroxylation is 2. The van der Waals surface area contributed by atoms with Crippen molar-refractivity contribution in [1.29, 1.82) is 0 Å². The van der Waals surface area contributed by atoms with Gasteiger partial charge in [0.1, 0.15) is 5.00 Å². The number of sulfonamides is 1. The molecule has 1 aliphatic heterocycles. The van der Waals surface area contributed by atoms with E-state index in [4.69, 9.17) is 9.47 Å². The number of amides is 1. The number of nitrogens with zero attached hydrogens (tertiary/aromatic N) is 4. The van der Waals surface area contributed by atoms with Gasteiger partial charge in [-0.3, -0.25) is 14.5 Å². The number of hydrogen-bond acceptors (Lipinski definition) is 9. The molecule has 2 aromatic heterocycles. The Labute approximate surface area is 245 Å². The minimum Gasteiger partial charge on any atom is -0.383 e. The monoisotopic (exact) mass is 603 g/mol. The minimum absolute atomic E-state index is 0.0629. The van der Waals surface area contributed by atoms with Crippen LogP contribution in [-0.2, 0) is 32.5 Å². The number of ether oxygens (including phenoxy) is 2. The van der Waals surface area contributed by atoms with Crippen LogP contribution in [0.15, 0.2) is 35.2 Å². The second kappa shape index (κ2) is 13.4. The lowest BCUT2D eigenvalue weighted by molar-refractivity contribution is 0.0942. The van der Waals surface area contributed by atoms with E-state index in [9.17, 15) is 18.0 Å². The molecule has 0 spiro atoms. The number of benzene rings is 1. The number of rotatable bonds is 12. The second-order valence-electron chi connectivity index (χ2n) is 9.84. The summed E-state index contributed by atoms with van der Waals surface area (Å²) in [5.74, 6) is -0.708. The first-order chi connectivity index (χ1) is 19.6. The molecule has 0 saturated heterocycles. The van der Waals surface area contributed by atoms with Crippen LogP contribution >= 0.6 is 11.3 Å². The van der Waals surface area contributed by atoms with E-state index in [0.29, 0.717) is 23.5 Å². The number of fused-ring (bicyclic) bond motifs is 1. The van der Waals surface area contributed by atoms with Crippen molar-refractivity contribution in [2.24, 2.45) is 0 Å². The van der Waals surface area contributed by atoms with Gasteiger partial charge in [0.05, 0.1) is 29.4 Å². The van der Waals surface area contributed by atoms with Crippen molar-refractivity contribution in [3.05, 3.63) is 63.3 Å². The van der Waals surface area contributed by atoms with Gasteiger partial charge in [-0.25, -0.2) is 13.1 Å². The van der Waals surface area contributed by atoms with E-state index < -0.39 is 15.9 Å². The molecule has 0 fully saturated rings. The maximum Gasteiger partial charge on any atom is 0.281 e. The Balaban J connectivity index is 1.61. The molecule has 0 saturated carbocycles.